The van der Waals surface area contributed by atoms with Gasteiger partial charge in [0.15, 0.2) is 5.75 Å². The van der Waals surface area contributed by atoms with Crippen molar-refractivity contribution in [2.24, 2.45) is 0 Å². The van der Waals surface area contributed by atoms with Crippen LogP contribution < -0.4 is 19.6 Å². The maximum absolute atomic E-state index is 13.5. The minimum atomic E-state index is -3.45. The van der Waals surface area contributed by atoms with Crippen molar-refractivity contribution in [3.8, 4) is 17.2 Å². The number of fused-ring (bicyclic) bond motifs is 2. The molecule has 1 amide bonds. The minimum absolute atomic E-state index is 0.0510. The number of carbonyl (C=O) groups is 1. The Kier molecular flexibility index (Phi) is 8.42. The number of halogens is 2. The average molecular weight is 674 g/mol. The quantitative estimate of drug-likeness (QED) is 0.131. The van der Waals surface area contributed by atoms with E-state index in [-0.39, 0.29) is 35.7 Å². The average Bonchev–Trinajstić information content (AvgIpc) is 3.70. The number of nitrogens with zero attached hydrogens (tertiary/aromatic N) is 2. The highest BCUT2D eigenvalue weighted by atomic mass is 79.9. The fraction of sp³-hybridized carbons (Fsp3) is 0.458. The van der Waals surface area contributed by atoms with Gasteiger partial charge in [-0.05, 0) is 36.6 Å². The Morgan fingerprint density at radius 1 is 1.13 bits per heavy atom. The first-order valence-corrected chi connectivity index (χ1v) is 16.2. The summed E-state index contributed by atoms with van der Waals surface area (Å²) in [6.45, 7) is 1.57. The van der Waals surface area contributed by atoms with Gasteiger partial charge in [-0.3, -0.25) is 24.0 Å². The van der Waals surface area contributed by atoms with E-state index in [2.05, 4.69) is 42.0 Å². The third kappa shape index (κ3) is 5.78. The minimum Gasteiger partial charge on any atom is -0.489 e. The number of rotatable bonds is 12. The van der Waals surface area contributed by atoms with Crippen LogP contribution in [0, 0.1) is 10.1 Å². The van der Waals surface area contributed by atoms with Crippen molar-refractivity contribution < 1.29 is 28.3 Å². The summed E-state index contributed by atoms with van der Waals surface area (Å²) in [5.41, 5.74) is 1.66. The van der Waals surface area contributed by atoms with E-state index in [0.717, 1.165) is 18.4 Å². The number of ether oxygens (including phenoxy) is 2. The van der Waals surface area contributed by atoms with Crippen molar-refractivity contribution in [2.75, 3.05) is 30.4 Å². The van der Waals surface area contributed by atoms with Crippen LogP contribution in [0.4, 0.5) is 5.69 Å². The van der Waals surface area contributed by atoms with E-state index in [1.807, 2.05) is 11.0 Å². The SMILES string of the molecule is O=C1c2cc(Oc3c([N+](=O)[O-])ccc4c3OCCC4OP(=O)(NCCBr)NCCBr)ccc2CN1C1CC1. The highest BCUT2D eigenvalue weighted by Gasteiger charge is 2.39. The number of nitrogens with one attached hydrogen (secondary N) is 2. The number of benzene rings is 2. The van der Waals surface area contributed by atoms with E-state index in [1.54, 1.807) is 18.2 Å². The molecule has 1 unspecified atom stereocenters. The fourth-order valence-electron chi connectivity index (χ4n) is 4.60. The largest absolute Gasteiger partial charge is 0.489 e. The summed E-state index contributed by atoms with van der Waals surface area (Å²) in [7, 11) is -3.45. The van der Waals surface area contributed by atoms with Crippen molar-refractivity contribution in [2.45, 2.75) is 38.0 Å². The number of nitro benzene ring substituents is 1. The predicted octanol–water partition coefficient (Wildman–Crippen LogP) is 5.42. The number of hydrogen-bond donors (Lipinski definition) is 2. The smallest absolute Gasteiger partial charge is 0.341 e. The van der Waals surface area contributed by atoms with Gasteiger partial charge in [-0.1, -0.05) is 37.9 Å². The lowest BCUT2D eigenvalue weighted by molar-refractivity contribution is -0.385. The van der Waals surface area contributed by atoms with Crippen LogP contribution in [0.2, 0.25) is 0 Å². The molecule has 3 aliphatic rings. The Morgan fingerprint density at radius 3 is 2.53 bits per heavy atom. The molecule has 1 fully saturated rings. The zero-order valence-corrected chi connectivity index (χ0v) is 24.4. The Hall–Kier alpha value is -2.02. The lowest BCUT2D eigenvalue weighted by Crippen LogP contribution is -2.29. The molecule has 0 saturated heterocycles. The molecule has 204 valence electrons. The van der Waals surface area contributed by atoms with Crippen LogP contribution in [-0.4, -0.2) is 52.1 Å². The molecule has 38 heavy (non-hydrogen) atoms. The summed E-state index contributed by atoms with van der Waals surface area (Å²) in [6.07, 6.45) is 1.75. The van der Waals surface area contributed by atoms with Gasteiger partial charge in [0.25, 0.3) is 5.91 Å². The van der Waals surface area contributed by atoms with Crippen LogP contribution in [0.5, 0.6) is 17.2 Å². The van der Waals surface area contributed by atoms with E-state index in [1.165, 1.54) is 6.07 Å². The lowest BCUT2D eigenvalue weighted by Gasteiger charge is -2.30. The number of hydrogen-bond acceptors (Lipinski definition) is 7. The van der Waals surface area contributed by atoms with Crippen LogP contribution in [0.3, 0.4) is 0 Å². The van der Waals surface area contributed by atoms with Gasteiger partial charge < -0.3 is 14.4 Å². The summed E-state index contributed by atoms with van der Waals surface area (Å²) < 4.78 is 31.5. The summed E-state index contributed by atoms with van der Waals surface area (Å²) in [6, 6.07) is 8.31. The van der Waals surface area contributed by atoms with Crippen molar-refractivity contribution in [3.05, 3.63) is 57.1 Å². The molecule has 2 N–H and O–H groups in total. The normalized spacial score (nSPS) is 18.6. The molecular formula is C24H27Br2N4O7P. The summed E-state index contributed by atoms with van der Waals surface area (Å²) in [5.74, 6) is 0.322. The Morgan fingerprint density at radius 2 is 1.87 bits per heavy atom. The molecule has 11 nitrogen and oxygen atoms in total. The van der Waals surface area contributed by atoms with Crippen LogP contribution in [0.15, 0.2) is 30.3 Å². The first kappa shape index (κ1) is 27.5. The van der Waals surface area contributed by atoms with Gasteiger partial charge in [0.2, 0.25) is 5.75 Å². The molecule has 0 aromatic heterocycles. The third-order valence-electron chi connectivity index (χ3n) is 6.52. The van der Waals surface area contributed by atoms with Gasteiger partial charge in [-0.2, -0.15) is 0 Å². The second-order valence-electron chi connectivity index (χ2n) is 9.15. The molecule has 5 rings (SSSR count). The van der Waals surface area contributed by atoms with Crippen LogP contribution in [0.25, 0.3) is 0 Å². The van der Waals surface area contributed by atoms with Crippen molar-refractivity contribution in [1.82, 2.24) is 15.1 Å². The second kappa shape index (κ2) is 11.6. The number of carbonyl (C=O) groups excluding carboxylic acids is 1. The Bertz CT molecular complexity index is 1280. The molecule has 1 saturated carbocycles. The van der Waals surface area contributed by atoms with Crippen molar-refractivity contribution in [3.63, 3.8) is 0 Å². The van der Waals surface area contributed by atoms with Gasteiger partial charge >= 0.3 is 13.4 Å². The molecule has 1 atom stereocenters. The zero-order valence-electron chi connectivity index (χ0n) is 20.4. The van der Waals surface area contributed by atoms with Crippen molar-refractivity contribution in [1.29, 1.82) is 0 Å². The number of alkyl halides is 2. The van der Waals surface area contributed by atoms with Crippen LogP contribution in [0.1, 0.15) is 46.9 Å². The van der Waals surface area contributed by atoms with Gasteiger partial charge in [0.1, 0.15) is 5.75 Å². The molecule has 2 aliphatic heterocycles. The Labute approximate surface area is 236 Å². The zero-order chi connectivity index (χ0) is 26.9. The summed E-state index contributed by atoms with van der Waals surface area (Å²) in [5, 5.41) is 18.9. The van der Waals surface area contributed by atoms with Gasteiger partial charge in [-0.25, -0.2) is 10.2 Å². The molecule has 0 bridgehead atoms. The summed E-state index contributed by atoms with van der Waals surface area (Å²) in [4.78, 5) is 26.1. The molecule has 0 radical (unpaired) electrons. The lowest BCUT2D eigenvalue weighted by atomic mass is 10.0. The predicted molar refractivity (Wildman–Crippen MR) is 148 cm³/mol. The van der Waals surface area contributed by atoms with Crippen LogP contribution >= 0.6 is 39.5 Å². The molecular weight excluding hydrogens is 647 g/mol. The first-order valence-electron chi connectivity index (χ1n) is 12.3. The van der Waals surface area contributed by atoms with Gasteiger partial charge in [0.05, 0.1) is 17.6 Å². The standard InChI is InChI=1S/C24H27Br2N4O7P/c25-8-10-27-38(34,28-11-9-26)37-21-7-12-35-22-18(21)5-6-20(30(32)33)23(22)36-17-4-1-15-14-29(16-2-3-16)24(31)19(15)13-17/h1,4-6,13,16,21H,2-3,7-12,14H2,(H2,27,28,34). The number of amides is 1. The Balaban J connectivity index is 1.45. The monoisotopic (exact) mass is 672 g/mol. The topological polar surface area (TPSA) is 132 Å². The van der Waals surface area contributed by atoms with E-state index < -0.39 is 18.7 Å². The molecule has 2 aromatic rings. The van der Waals surface area contributed by atoms with Crippen molar-refractivity contribution >= 4 is 51.1 Å². The summed E-state index contributed by atoms with van der Waals surface area (Å²) >= 11 is 6.64. The van der Waals surface area contributed by atoms with E-state index in [4.69, 9.17) is 14.0 Å². The molecule has 2 heterocycles. The first-order chi connectivity index (χ1) is 18.3. The highest BCUT2D eigenvalue weighted by Crippen LogP contribution is 2.52. The maximum atomic E-state index is 13.5. The van der Waals surface area contributed by atoms with Crippen LogP contribution in [-0.2, 0) is 15.6 Å². The van der Waals surface area contributed by atoms with E-state index in [0.29, 0.717) is 53.6 Å². The fourth-order valence-corrected chi connectivity index (χ4v) is 7.26. The van der Waals surface area contributed by atoms with E-state index >= 15 is 0 Å². The molecule has 2 aromatic carbocycles. The van der Waals surface area contributed by atoms with E-state index in [9.17, 15) is 19.5 Å². The molecule has 1 aliphatic carbocycles. The molecule has 14 heteroatoms. The third-order valence-corrected chi connectivity index (χ3v) is 9.14. The molecule has 0 spiro atoms. The maximum Gasteiger partial charge on any atom is 0.341 e. The van der Waals surface area contributed by atoms with Gasteiger partial charge in [-0.15, -0.1) is 0 Å². The highest BCUT2D eigenvalue weighted by molar-refractivity contribution is 9.09. The second-order valence-corrected chi connectivity index (χ2v) is 12.7. The number of nitro groups is 1. The van der Waals surface area contributed by atoms with Gasteiger partial charge in [0, 0.05) is 60.0 Å².